The first-order valence-corrected chi connectivity index (χ1v) is 10.2. The Morgan fingerprint density at radius 1 is 0.765 bits per heavy atom. The van der Waals surface area contributed by atoms with Crippen LogP contribution in [0.25, 0.3) is 0 Å². The van der Waals surface area contributed by atoms with E-state index in [0.717, 1.165) is 0 Å². The normalized spacial score (nSPS) is 10.9. The minimum Gasteiger partial charge on any atom is -0.493 e. The maximum Gasteiger partial charge on any atom is 0.271 e. The van der Waals surface area contributed by atoms with E-state index < -0.39 is 11.8 Å². The molecular formula is C25H24N4O5. The van der Waals surface area contributed by atoms with E-state index >= 15 is 0 Å². The van der Waals surface area contributed by atoms with Crippen LogP contribution < -0.4 is 25.9 Å². The van der Waals surface area contributed by atoms with Crippen LogP contribution in [0.4, 0.5) is 5.69 Å². The molecule has 0 fully saturated rings. The summed E-state index contributed by atoms with van der Waals surface area (Å²) in [5, 5.41) is 6.96. The highest BCUT2D eigenvalue weighted by Crippen LogP contribution is 2.28. The SMILES string of the molecule is COc1ccc(C(=O)Nc2cccc(C(C)=NNC(=O)c3ccc(C(N)=O)cc3)c2)cc1OC. The van der Waals surface area contributed by atoms with Crippen molar-refractivity contribution in [3.05, 3.63) is 89.0 Å². The fraction of sp³-hybridized carbons (Fsp3) is 0.120. The third kappa shape index (κ3) is 5.77. The van der Waals surface area contributed by atoms with Crippen molar-refractivity contribution >= 4 is 29.1 Å². The maximum absolute atomic E-state index is 12.7. The van der Waals surface area contributed by atoms with Gasteiger partial charge in [0.1, 0.15) is 0 Å². The number of hydrogen-bond donors (Lipinski definition) is 3. The summed E-state index contributed by atoms with van der Waals surface area (Å²) in [4.78, 5) is 36.1. The number of nitrogens with two attached hydrogens (primary N) is 1. The molecule has 0 radical (unpaired) electrons. The molecule has 0 aromatic heterocycles. The minimum atomic E-state index is -0.570. The van der Waals surface area contributed by atoms with Crippen LogP contribution in [0.1, 0.15) is 43.6 Å². The molecule has 0 bridgehead atoms. The molecular weight excluding hydrogens is 436 g/mol. The third-order valence-corrected chi connectivity index (χ3v) is 4.94. The number of amides is 3. The second-order valence-corrected chi connectivity index (χ2v) is 7.18. The Labute approximate surface area is 196 Å². The lowest BCUT2D eigenvalue weighted by Gasteiger charge is -2.11. The number of nitrogens with one attached hydrogen (secondary N) is 2. The Balaban J connectivity index is 1.69. The first-order chi connectivity index (χ1) is 16.3. The second kappa shape index (κ2) is 10.8. The van der Waals surface area contributed by atoms with Gasteiger partial charge in [0.25, 0.3) is 11.8 Å². The smallest absolute Gasteiger partial charge is 0.271 e. The molecule has 0 aliphatic carbocycles. The number of anilines is 1. The Bertz CT molecular complexity index is 1250. The summed E-state index contributed by atoms with van der Waals surface area (Å²) in [5.74, 6) is -0.349. The van der Waals surface area contributed by atoms with Gasteiger partial charge in [-0.15, -0.1) is 0 Å². The molecule has 0 aliphatic rings. The molecule has 9 heteroatoms. The molecule has 0 spiro atoms. The molecule has 4 N–H and O–H groups in total. The quantitative estimate of drug-likeness (QED) is 0.351. The Morgan fingerprint density at radius 3 is 2.06 bits per heavy atom. The summed E-state index contributed by atoms with van der Waals surface area (Å²) < 4.78 is 10.4. The molecule has 0 saturated heterocycles. The summed E-state index contributed by atoms with van der Waals surface area (Å²) in [6, 6.07) is 17.9. The van der Waals surface area contributed by atoms with E-state index in [1.54, 1.807) is 49.4 Å². The zero-order valence-electron chi connectivity index (χ0n) is 18.9. The van der Waals surface area contributed by atoms with Crippen molar-refractivity contribution in [1.82, 2.24) is 5.43 Å². The molecule has 174 valence electrons. The van der Waals surface area contributed by atoms with Gasteiger partial charge in [0.2, 0.25) is 5.91 Å². The van der Waals surface area contributed by atoms with E-state index in [1.807, 2.05) is 0 Å². The van der Waals surface area contributed by atoms with Crippen molar-refractivity contribution in [3.63, 3.8) is 0 Å². The van der Waals surface area contributed by atoms with Crippen LogP contribution in [0.15, 0.2) is 71.8 Å². The predicted octanol–water partition coefficient (Wildman–Crippen LogP) is 3.21. The van der Waals surface area contributed by atoms with Crippen LogP contribution in [0.2, 0.25) is 0 Å². The monoisotopic (exact) mass is 460 g/mol. The molecule has 0 atom stereocenters. The van der Waals surface area contributed by atoms with Gasteiger partial charge in [-0.25, -0.2) is 5.43 Å². The zero-order chi connectivity index (χ0) is 24.7. The lowest BCUT2D eigenvalue weighted by molar-refractivity contribution is 0.0951. The molecule has 3 amide bonds. The van der Waals surface area contributed by atoms with Crippen LogP contribution in [0.3, 0.4) is 0 Å². The molecule has 0 saturated carbocycles. The van der Waals surface area contributed by atoms with Crippen LogP contribution in [-0.2, 0) is 0 Å². The van der Waals surface area contributed by atoms with Gasteiger partial charge in [-0.3, -0.25) is 14.4 Å². The Hall–Kier alpha value is -4.66. The van der Waals surface area contributed by atoms with Crippen molar-refractivity contribution in [2.45, 2.75) is 6.92 Å². The van der Waals surface area contributed by atoms with Crippen molar-refractivity contribution in [3.8, 4) is 11.5 Å². The van der Waals surface area contributed by atoms with E-state index in [1.165, 1.54) is 38.5 Å². The van der Waals surface area contributed by atoms with Gasteiger partial charge < -0.3 is 20.5 Å². The van der Waals surface area contributed by atoms with Gasteiger partial charge in [-0.2, -0.15) is 5.10 Å². The molecule has 3 rings (SSSR count). The summed E-state index contributed by atoms with van der Waals surface area (Å²) in [7, 11) is 3.02. The Morgan fingerprint density at radius 2 is 1.41 bits per heavy atom. The molecule has 0 heterocycles. The molecule has 34 heavy (non-hydrogen) atoms. The van der Waals surface area contributed by atoms with Gasteiger partial charge in [0.15, 0.2) is 11.5 Å². The number of carbonyl (C=O) groups excluding carboxylic acids is 3. The molecule has 0 unspecified atom stereocenters. The van der Waals surface area contributed by atoms with Gasteiger partial charge >= 0.3 is 0 Å². The average Bonchev–Trinajstić information content (AvgIpc) is 2.86. The summed E-state index contributed by atoms with van der Waals surface area (Å²) >= 11 is 0. The fourth-order valence-electron chi connectivity index (χ4n) is 3.05. The number of primary amides is 1. The highest BCUT2D eigenvalue weighted by Gasteiger charge is 2.12. The van der Waals surface area contributed by atoms with E-state index in [2.05, 4.69) is 15.8 Å². The number of methoxy groups -OCH3 is 2. The van der Waals surface area contributed by atoms with Crippen molar-refractivity contribution in [1.29, 1.82) is 0 Å². The highest BCUT2D eigenvalue weighted by molar-refractivity contribution is 6.06. The van der Waals surface area contributed by atoms with Crippen LogP contribution in [0.5, 0.6) is 11.5 Å². The molecule has 9 nitrogen and oxygen atoms in total. The number of benzene rings is 3. The number of ether oxygens (including phenoxy) is 2. The molecule has 3 aromatic rings. The molecule has 3 aromatic carbocycles. The number of hydrazone groups is 1. The van der Waals surface area contributed by atoms with Gasteiger partial charge in [-0.05, 0) is 67.1 Å². The average molecular weight is 460 g/mol. The van der Waals surface area contributed by atoms with Crippen molar-refractivity contribution in [2.24, 2.45) is 10.8 Å². The first kappa shape index (κ1) is 24.0. The van der Waals surface area contributed by atoms with Crippen LogP contribution in [-0.4, -0.2) is 37.7 Å². The summed E-state index contributed by atoms with van der Waals surface area (Å²) in [6.45, 7) is 1.73. The second-order valence-electron chi connectivity index (χ2n) is 7.18. The topological polar surface area (TPSA) is 132 Å². The van der Waals surface area contributed by atoms with E-state index in [4.69, 9.17) is 15.2 Å². The standard InChI is InChI=1S/C25H24N4O5/c1-15(28-29-25(32)17-9-7-16(8-10-17)23(26)30)18-5-4-6-20(13-18)27-24(31)19-11-12-21(33-2)22(14-19)34-3/h4-14H,1-3H3,(H2,26,30)(H,27,31)(H,29,32). The first-order valence-electron chi connectivity index (χ1n) is 10.2. The van der Waals surface area contributed by atoms with E-state index in [0.29, 0.717) is 45.2 Å². The van der Waals surface area contributed by atoms with Gasteiger partial charge in [0, 0.05) is 22.4 Å². The van der Waals surface area contributed by atoms with E-state index in [-0.39, 0.29) is 5.91 Å². The van der Waals surface area contributed by atoms with E-state index in [9.17, 15) is 14.4 Å². The highest BCUT2D eigenvalue weighted by atomic mass is 16.5. The van der Waals surface area contributed by atoms with Crippen LogP contribution >= 0.6 is 0 Å². The number of carbonyl (C=O) groups is 3. The summed E-state index contributed by atoms with van der Waals surface area (Å²) in [5.41, 5.74) is 10.5. The molecule has 0 aliphatic heterocycles. The maximum atomic E-state index is 12.7. The van der Waals surface area contributed by atoms with Gasteiger partial charge in [-0.1, -0.05) is 12.1 Å². The number of rotatable bonds is 8. The number of hydrogen-bond acceptors (Lipinski definition) is 6. The largest absolute Gasteiger partial charge is 0.493 e. The fourth-order valence-corrected chi connectivity index (χ4v) is 3.05. The lowest BCUT2D eigenvalue weighted by atomic mass is 10.1. The lowest BCUT2D eigenvalue weighted by Crippen LogP contribution is -2.20. The third-order valence-electron chi connectivity index (χ3n) is 4.94. The van der Waals surface area contributed by atoms with Crippen LogP contribution in [0, 0.1) is 0 Å². The zero-order valence-corrected chi connectivity index (χ0v) is 18.9. The summed E-state index contributed by atoms with van der Waals surface area (Å²) in [6.07, 6.45) is 0. The van der Waals surface area contributed by atoms with Crippen molar-refractivity contribution in [2.75, 3.05) is 19.5 Å². The van der Waals surface area contributed by atoms with Crippen molar-refractivity contribution < 1.29 is 23.9 Å². The van der Waals surface area contributed by atoms with Gasteiger partial charge in [0.05, 0.1) is 19.9 Å². The minimum absolute atomic E-state index is 0.308. The number of nitrogens with zero attached hydrogens (tertiary/aromatic N) is 1. The Kier molecular flexibility index (Phi) is 7.60. The predicted molar refractivity (Wildman–Crippen MR) is 129 cm³/mol.